The molecule has 3 aromatic carbocycles. The summed E-state index contributed by atoms with van der Waals surface area (Å²) in [5.41, 5.74) is 1.79. The van der Waals surface area contributed by atoms with Crippen molar-refractivity contribution in [2.45, 2.75) is 0 Å². The van der Waals surface area contributed by atoms with Crippen molar-refractivity contribution in [1.29, 1.82) is 0 Å². The molecule has 3 aromatic rings. The fourth-order valence-electron chi connectivity index (χ4n) is 3.48. The van der Waals surface area contributed by atoms with E-state index < -0.39 is 25.8 Å². The highest BCUT2D eigenvalue weighted by Gasteiger charge is 2.39. The summed E-state index contributed by atoms with van der Waals surface area (Å²) >= 11 is 0. The van der Waals surface area contributed by atoms with Gasteiger partial charge in [0.25, 0.3) is 21.6 Å². The molecule has 0 aliphatic carbocycles. The molecule has 9 heteroatoms. The molecule has 0 spiro atoms. The van der Waals surface area contributed by atoms with E-state index in [-0.39, 0.29) is 16.9 Å². The van der Waals surface area contributed by atoms with Crippen molar-refractivity contribution in [2.75, 3.05) is 16.7 Å². The van der Waals surface area contributed by atoms with Crippen LogP contribution < -0.4 is 9.62 Å². The van der Waals surface area contributed by atoms with Crippen LogP contribution in [0.1, 0.15) is 11.1 Å². The first kappa shape index (κ1) is 20.3. The Kier molecular flexibility index (Phi) is 5.04. The fourth-order valence-corrected chi connectivity index (χ4v) is 4.95. The van der Waals surface area contributed by atoms with Crippen LogP contribution in [0.4, 0.5) is 17.1 Å². The number of nitrogens with one attached hydrogen (secondary N) is 1. The summed E-state index contributed by atoms with van der Waals surface area (Å²) in [6, 6.07) is 21.0. The molecular formula is C22H17N3O5S. The van der Waals surface area contributed by atoms with Gasteiger partial charge in [-0.15, -0.1) is 0 Å². The summed E-state index contributed by atoms with van der Waals surface area (Å²) in [6.07, 6.45) is 0. The average molecular weight is 435 g/mol. The molecular weight excluding hydrogens is 418 g/mol. The highest BCUT2D eigenvalue weighted by molar-refractivity contribution is 7.97. The van der Waals surface area contributed by atoms with Crippen molar-refractivity contribution in [3.63, 3.8) is 0 Å². The number of amides is 1. The van der Waals surface area contributed by atoms with Crippen LogP contribution in [0.15, 0.2) is 83.8 Å². The molecule has 0 fully saturated rings. The third-order valence-corrected chi connectivity index (χ3v) is 6.76. The van der Waals surface area contributed by atoms with Crippen LogP contribution in [0.25, 0.3) is 5.57 Å². The monoisotopic (exact) mass is 435 g/mol. The molecule has 4 rings (SSSR count). The van der Waals surface area contributed by atoms with Crippen molar-refractivity contribution in [3.05, 3.63) is 105 Å². The molecule has 1 aliphatic rings. The van der Waals surface area contributed by atoms with Gasteiger partial charge in [0, 0.05) is 36.0 Å². The molecule has 0 bridgehead atoms. The minimum absolute atomic E-state index is 0.121. The van der Waals surface area contributed by atoms with Gasteiger partial charge in [0.2, 0.25) is 0 Å². The second-order valence-electron chi connectivity index (χ2n) is 6.82. The van der Waals surface area contributed by atoms with Crippen LogP contribution in [-0.4, -0.2) is 26.3 Å². The zero-order valence-corrected chi connectivity index (χ0v) is 17.2. The van der Waals surface area contributed by atoms with Crippen LogP contribution in [0.5, 0.6) is 0 Å². The highest BCUT2D eigenvalue weighted by Crippen LogP contribution is 2.42. The maximum Gasteiger partial charge on any atom is 0.271 e. The number of nitro groups is 1. The van der Waals surface area contributed by atoms with Crippen LogP contribution >= 0.6 is 0 Å². The molecule has 1 aliphatic heterocycles. The Morgan fingerprint density at radius 3 is 2.35 bits per heavy atom. The molecule has 1 heterocycles. The Balaban J connectivity index is 1.93. The van der Waals surface area contributed by atoms with E-state index in [0.29, 0.717) is 16.8 Å². The number of para-hydroxylation sites is 1. The van der Waals surface area contributed by atoms with E-state index >= 15 is 0 Å². The first-order valence-corrected chi connectivity index (χ1v) is 10.7. The number of non-ortho nitro benzene ring substituents is 1. The lowest BCUT2D eigenvalue weighted by molar-refractivity contribution is -0.384. The molecule has 0 atom stereocenters. The molecule has 8 nitrogen and oxygen atoms in total. The Bertz CT molecular complexity index is 1330. The molecule has 0 unspecified atom stereocenters. The lowest BCUT2D eigenvalue weighted by Gasteiger charge is -2.30. The maximum absolute atomic E-state index is 13.4. The van der Waals surface area contributed by atoms with E-state index in [1.807, 2.05) is 0 Å². The zero-order valence-electron chi connectivity index (χ0n) is 16.3. The Morgan fingerprint density at radius 2 is 1.65 bits per heavy atom. The number of hydrogen-bond donors (Lipinski definition) is 1. The standard InChI is InChI=1S/C22H17N3O5S/c1-24-19-13-6-5-12-18(19)20(15-8-3-2-4-9-15)21(31(24,29)30)22(26)23-16-10-7-11-17(14-16)25(27)28/h2-14H,1H3,(H,23,26). The summed E-state index contributed by atoms with van der Waals surface area (Å²) in [7, 11) is -2.81. The fraction of sp³-hybridized carbons (Fsp3) is 0.0455. The van der Waals surface area contributed by atoms with E-state index in [0.717, 1.165) is 4.31 Å². The third kappa shape index (κ3) is 3.55. The van der Waals surface area contributed by atoms with Gasteiger partial charge in [-0.05, 0) is 17.7 Å². The van der Waals surface area contributed by atoms with Crippen LogP contribution in [0.2, 0.25) is 0 Å². The first-order chi connectivity index (χ1) is 14.8. The molecule has 156 valence electrons. The van der Waals surface area contributed by atoms with E-state index in [1.165, 1.54) is 31.3 Å². The lowest BCUT2D eigenvalue weighted by Crippen LogP contribution is -2.37. The second kappa shape index (κ2) is 7.69. The normalized spacial score (nSPS) is 14.7. The molecule has 0 saturated carbocycles. The van der Waals surface area contributed by atoms with Gasteiger partial charge in [0.05, 0.1) is 10.6 Å². The summed E-state index contributed by atoms with van der Waals surface area (Å²) in [5, 5.41) is 13.5. The number of carbonyl (C=O) groups excluding carboxylic acids is 1. The van der Waals surface area contributed by atoms with Gasteiger partial charge in [-0.25, -0.2) is 8.42 Å². The van der Waals surface area contributed by atoms with E-state index in [1.54, 1.807) is 54.6 Å². The topological polar surface area (TPSA) is 110 Å². The van der Waals surface area contributed by atoms with E-state index in [2.05, 4.69) is 5.32 Å². The summed E-state index contributed by atoms with van der Waals surface area (Å²) in [4.78, 5) is 23.3. The molecule has 0 saturated heterocycles. The largest absolute Gasteiger partial charge is 0.321 e. The maximum atomic E-state index is 13.4. The zero-order chi connectivity index (χ0) is 22.2. The first-order valence-electron chi connectivity index (χ1n) is 9.24. The third-order valence-electron chi connectivity index (χ3n) is 4.94. The predicted octanol–water partition coefficient (Wildman–Crippen LogP) is 3.77. The second-order valence-corrected chi connectivity index (χ2v) is 8.73. The summed E-state index contributed by atoms with van der Waals surface area (Å²) in [6.45, 7) is 0. The van der Waals surface area contributed by atoms with Gasteiger partial charge < -0.3 is 5.32 Å². The number of benzene rings is 3. The molecule has 1 N–H and O–H groups in total. The number of rotatable bonds is 4. The molecule has 0 radical (unpaired) electrons. The van der Waals surface area contributed by atoms with Gasteiger partial charge >= 0.3 is 0 Å². The van der Waals surface area contributed by atoms with Crippen molar-refractivity contribution in [3.8, 4) is 0 Å². The lowest BCUT2D eigenvalue weighted by atomic mass is 9.95. The average Bonchev–Trinajstić information content (AvgIpc) is 2.76. The van der Waals surface area contributed by atoms with E-state index in [9.17, 15) is 23.3 Å². The molecule has 31 heavy (non-hydrogen) atoms. The Hall–Kier alpha value is -3.98. The number of anilines is 2. The van der Waals surface area contributed by atoms with E-state index in [4.69, 9.17) is 0 Å². The number of carbonyl (C=O) groups is 1. The van der Waals surface area contributed by atoms with Crippen molar-refractivity contribution in [1.82, 2.24) is 0 Å². The van der Waals surface area contributed by atoms with Gasteiger partial charge in [-0.3, -0.25) is 19.2 Å². The van der Waals surface area contributed by atoms with Gasteiger partial charge in [0.1, 0.15) is 0 Å². The number of nitrogens with zero attached hydrogens (tertiary/aromatic N) is 2. The Labute approximate surface area is 178 Å². The van der Waals surface area contributed by atoms with Crippen LogP contribution in [-0.2, 0) is 14.8 Å². The van der Waals surface area contributed by atoms with Crippen LogP contribution in [0, 0.1) is 10.1 Å². The Morgan fingerprint density at radius 1 is 0.968 bits per heavy atom. The number of sulfonamides is 1. The van der Waals surface area contributed by atoms with Crippen LogP contribution in [0.3, 0.4) is 0 Å². The number of hydrogen-bond acceptors (Lipinski definition) is 5. The predicted molar refractivity (Wildman–Crippen MR) is 118 cm³/mol. The minimum atomic E-state index is -4.19. The number of fused-ring (bicyclic) bond motifs is 1. The smallest absolute Gasteiger partial charge is 0.271 e. The summed E-state index contributed by atoms with van der Waals surface area (Å²) in [5.74, 6) is -0.874. The highest BCUT2D eigenvalue weighted by atomic mass is 32.2. The van der Waals surface area contributed by atoms with Gasteiger partial charge in [-0.2, -0.15) is 0 Å². The van der Waals surface area contributed by atoms with Crippen molar-refractivity contribution in [2.24, 2.45) is 0 Å². The SMILES string of the molecule is CN1c2ccccc2C(c2ccccc2)=C(C(=O)Nc2cccc([N+](=O)[O-])c2)S1(=O)=O. The van der Waals surface area contributed by atoms with Crippen molar-refractivity contribution < 1.29 is 18.1 Å². The summed E-state index contributed by atoms with van der Waals surface area (Å²) < 4.78 is 27.8. The number of nitro benzene ring substituents is 1. The minimum Gasteiger partial charge on any atom is -0.321 e. The van der Waals surface area contributed by atoms with Crippen molar-refractivity contribution >= 4 is 38.6 Å². The van der Waals surface area contributed by atoms with Gasteiger partial charge in [0.15, 0.2) is 4.91 Å². The molecule has 0 aromatic heterocycles. The molecule has 1 amide bonds. The van der Waals surface area contributed by atoms with Gasteiger partial charge in [-0.1, -0.05) is 54.6 Å². The quantitative estimate of drug-likeness (QED) is 0.495.